The Balaban J connectivity index is 1.38. The molecule has 0 aliphatic heterocycles. The van der Waals surface area contributed by atoms with Crippen molar-refractivity contribution < 1.29 is 4.79 Å². The van der Waals surface area contributed by atoms with Crippen molar-refractivity contribution in [2.75, 3.05) is 0 Å². The van der Waals surface area contributed by atoms with Crippen LogP contribution >= 0.6 is 0 Å². The van der Waals surface area contributed by atoms with Gasteiger partial charge in [0, 0.05) is 29.5 Å². The second-order valence-corrected chi connectivity index (χ2v) is 7.86. The molecule has 152 valence electrons. The van der Waals surface area contributed by atoms with E-state index >= 15 is 0 Å². The van der Waals surface area contributed by atoms with Crippen molar-refractivity contribution in [3.8, 4) is 22.5 Å². The van der Waals surface area contributed by atoms with Crippen molar-refractivity contribution in [3.05, 3.63) is 55.0 Å². The summed E-state index contributed by atoms with van der Waals surface area (Å²) in [7, 11) is 0. The van der Waals surface area contributed by atoms with E-state index < -0.39 is 0 Å². The summed E-state index contributed by atoms with van der Waals surface area (Å²) in [5.41, 5.74) is 4.36. The highest BCUT2D eigenvalue weighted by atomic mass is 16.1. The largest absolute Gasteiger partial charge is 0.353 e. The number of hydrogen-bond donors (Lipinski definition) is 2. The Morgan fingerprint density at radius 3 is 2.83 bits per heavy atom. The minimum atomic E-state index is 0.118. The summed E-state index contributed by atoms with van der Waals surface area (Å²) in [6, 6.07) is 15.1. The van der Waals surface area contributed by atoms with Crippen LogP contribution in [0.25, 0.3) is 33.4 Å². The van der Waals surface area contributed by atoms with Crippen molar-refractivity contribution in [3.63, 3.8) is 0 Å². The fourth-order valence-electron chi connectivity index (χ4n) is 4.41. The van der Waals surface area contributed by atoms with E-state index in [1.54, 1.807) is 0 Å². The quantitative estimate of drug-likeness (QED) is 0.528. The van der Waals surface area contributed by atoms with Crippen LogP contribution in [0.3, 0.4) is 0 Å². The Morgan fingerprint density at radius 2 is 2.00 bits per heavy atom. The SMILES string of the molecule is CCC(=O)NC1CC[C@@H](n2cnnc2-c2ccc(-c3cccc4[nH]ncc34)cc2)C1. The molecule has 0 spiro atoms. The first-order valence-electron chi connectivity index (χ1n) is 10.4. The molecule has 0 bridgehead atoms. The van der Waals surface area contributed by atoms with Crippen LogP contribution in [0.15, 0.2) is 55.0 Å². The number of benzene rings is 2. The Bertz CT molecular complexity index is 1180. The van der Waals surface area contributed by atoms with Gasteiger partial charge >= 0.3 is 0 Å². The summed E-state index contributed by atoms with van der Waals surface area (Å²) in [6.07, 6.45) is 7.12. The third-order valence-electron chi connectivity index (χ3n) is 6.00. The molecule has 2 N–H and O–H groups in total. The molecule has 2 heterocycles. The number of rotatable bonds is 5. The number of carbonyl (C=O) groups is 1. The Labute approximate surface area is 174 Å². The Morgan fingerprint density at radius 1 is 1.17 bits per heavy atom. The average molecular weight is 400 g/mol. The van der Waals surface area contributed by atoms with Gasteiger partial charge in [-0.2, -0.15) is 5.10 Å². The number of carbonyl (C=O) groups excluding carboxylic acids is 1. The Hall–Kier alpha value is -3.48. The minimum absolute atomic E-state index is 0.118. The van der Waals surface area contributed by atoms with Crippen LogP contribution in [-0.2, 0) is 4.79 Å². The van der Waals surface area contributed by atoms with E-state index in [0.717, 1.165) is 52.7 Å². The monoisotopic (exact) mass is 400 g/mol. The highest BCUT2D eigenvalue weighted by Crippen LogP contribution is 2.34. The maximum absolute atomic E-state index is 11.7. The van der Waals surface area contributed by atoms with Gasteiger partial charge in [0.2, 0.25) is 5.91 Å². The van der Waals surface area contributed by atoms with Gasteiger partial charge in [0.1, 0.15) is 6.33 Å². The maximum Gasteiger partial charge on any atom is 0.219 e. The summed E-state index contributed by atoms with van der Waals surface area (Å²) in [5.74, 6) is 0.989. The summed E-state index contributed by atoms with van der Waals surface area (Å²) >= 11 is 0. The lowest BCUT2D eigenvalue weighted by Gasteiger charge is -2.16. The van der Waals surface area contributed by atoms with Gasteiger partial charge in [0.05, 0.1) is 11.7 Å². The normalized spacial score (nSPS) is 18.7. The van der Waals surface area contributed by atoms with Crippen molar-refractivity contribution in [1.82, 2.24) is 30.3 Å². The molecule has 7 heteroatoms. The molecular weight excluding hydrogens is 376 g/mol. The molecule has 7 nitrogen and oxygen atoms in total. The molecule has 2 aromatic heterocycles. The zero-order valence-electron chi connectivity index (χ0n) is 16.9. The van der Waals surface area contributed by atoms with Gasteiger partial charge in [-0.25, -0.2) is 0 Å². The molecule has 1 saturated carbocycles. The maximum atomic E-state index is 11.7. The van der Waals surface area contributed by atoms with Crippen molar-refractivity contribution in [2.45, 2.75) is 44.7 Å². The third kappa shape index (κ3) is 3.36. The first-order valence-corrected chi connectivity index (χ1v) is 10.4. The lowest BCUT2D eigenvalue weighted by Crippen LogP contribution is -2.32. The van der Waals surface area contributed by atoms with Gasteiger partial charge in [-0.15, -0.1) is 10.2 Å². The lowest BCUT2D eigenvalue weighted by molar-refractivity contribution is -0.121. The standard InChI is InChI=1S/C23H24N6O/c1-2-22(30)26-17-10-11-18(12-17)29-14-25-28-23(29)16-8-6-15(7-9-16)19-4-3-5-21-20(19)13-24-27-21/h3-9,13-14,17-18H,2,10-12H2,1H3,(H,24,27)(H,26,30)/t17?,18-/m1/s1. The van der Waals surface area contributed by atoms with Crippen molar-refractivity contribution in [1.29, 1.82) is 0 Å². The summed E-state index contributed by atoms with van der Waals surface area (Å²) in [4.78, 5) is 11.7. The van der Waals surface area contributed by atoms with Gasteiger partial charge in [0.15, 0.2) is 5.82 Å². The number of nitrogens with zero attached hydrogens (tertiary/aromatic N) is 4. The number of amides is 1. The summed E-state index contributed by atoms with van der Waals surface area (Å²) in [5, 5.41) is 20.0. The molecule has 0 saturated heterocycles. The lowest BCUT2D eigenvalue weighted by atomic mass is 10.0. The van der Waals surface area contributed by atoms with E-state index in [4.69, 9.17) is 0 Å². The molecule has 30 heavy (non-hydrogen) atoms. The van der Waals surface area contributed by atoms with Gasteiger partial charge in [-0.1, -0.05) is 43.3 Å². The van der Waals surface area contributed by atoms with E-state index in [2.05, 4.69) is 60.6 Å². The molecule has 1 aliphatic rings. The topological polar surface area (TPSA) is 88.5 Å². The van der Waals surface area contributed by atoms with Gasteiger partial charge in [-0.05, 0) is 36.5 Å². The second-order valence-electron chi connectivity index (χ2n) is 7.86. The molecule has 2 aromatic carbocycles. The first kappa shape index (κ1) is 18.5. The highest BCUT2D eigenvalue weighted by Gasteiger charge is 2.28. The molecular formula is C23H24N6O. The highest BCUT2D eigenvalue weighted by molar-refractivity contribution is 5.94. The van der Waals surface area contributed by atoms with Crippen LogP contribution in [0.5, 0.6) is 0 Å². The van der Waals surface area contributed by atoms with Gasteiger partial charge in [-0.3, -0.25) is 9.89 Å². The molecule has 0 radical (unpaired) electrons. The van der Waals surface area contributed by atoms with Crippen molar-refractivity contribution in [2.24, 2.45) is 0 Å². The van der Waals surface area contributed by atoms with Crippen LogP contribution in [-0.4, -0.2) is 36.9 Å². The fraction of sp³-hybridized carbons (Fsp3) is 0.304. The van der Waals surface area contributed by atoms with Crippen LogP contribution < -0.4 is 5.32 Å². The molecule has 1 aliphatic carbocycles. The average Bonchev–Trinajstić information content (AvgIpc) is 3.53. The molecule has 2 atom stereocenters. The number of fused-ring (bicyclic) bond motifs is 1. The zero-order chi connectivity index (χ0) is 20.5. The van der Waals surface area contributed by atoms with E-state index in [9.17, 15) is 4.79 Å². The van der Waals surface area contributed by atoms with E-state index in [1.807, 2.05) is 31.6 Å². The van der Waals surface area contributed by atoms with E-state index in [-0.39, 0.29) is 11.9 Å². The fourth-order valence-corrected chi connectivity index (χ4v) is 4.41. The molecule has 5 rings (SSSR count). The number of H-pyrrole nitrogens is 1. The van der Waals surface area contributed by atoms with E-state index in [1.165, 1.54) is 0 Å². The predicted octanol–water partition coefficient (Wildman–Crippen LogP) is 4.11. The van der Waals surface area contributed by atoms with Crippen LogP contribution in [0, 0.1) is 0 Å². The van der Waals surface area contributed by atoms with Gasteiger partial charge < -0.3 is 9.88 Å². The van der Waals surface area contributed by atoms with Crippen LogP contribution in [0.4, 0.5) is 0 Å². The molecule has 1 unspecified atom stereocenters. The number of hydrogen-bond acceptors (Lipinski definition) is 4. The zero-order valence-corrected chi connectivity index (χ0v) is 16.9. The van der Waals surface area contributed by atoms with Crippen molar-refractivity contribution >= 4 is 16.8 Å². The summed E-state index contributed by atoms with van der Waals surface area (Å²) < 4.78 is 2.16. The molecule has 4 aromatic rings. The smallest absolute Gasteiger partial charge is 0.219 e. The number of aromatic amines is 1. The second kappa shape index (κ2) is 7.74. The minimum Gasteiger partial charge on any atom is -0.353 e. The number of aromatic nitrogens is 5. The third-order valence-corrected chi connectivity index (χ3v) is 6.00. The van der Waals surface area contributed by atoms with Gasteiger partial charge in [0.25, 0.3) is 0 Å². The predicted molar refractivity (Wildman–Crippen MR) is 116 cm³/mol. The number of nitrogens with one attached hydrogen (secondary N) is 2. The Kier molecular flexibility index (Phi) is 4.78. The summed E-state index contributed by atoms with van der Waals surface area (Å²) in [6.45, 7) is 1.89. The van der Waals surface area contributed by atoms with Crippen LogP contribution in [0.1, 0.15) is 38.6 Å². The molecule has 1 fully saturated rings. The van der Waals surface area contributed by atoms with Crippen LogP contribution in [0.2, 0.25) is 0 Å². The first-order chi connectivity index (χ1) is 14.7. The van der Waals surface area contributed by atoms with E-state index in [0.29, 0.717) is 12.5 Å². The molecule has 1 amide bonds.